The molecule has 0 saturated heterocycles. The second kappa shape index (κ2) is 7.99. The fourth-order valence-electron chi connectivity index (χ4n) is 2.58. The third-order valence-electron chi connectivity index (χ3n) is 3.70. The van der Waals surface area contributed by atoms with Gasteiger partial charge in [-0.3, -0.25) is 0 Å². The third kappa shape index (κ3) is 4.74. The van der Waals surface area contributed by atoms with E-state index in [-0.39, 0.29) is 0 Å². The standard InChI is InChI=1S/C16H27N3S/c1-4-7-20-11-16-18-10-14-8-13(9-17-12(2)3)5-6-15(14)19-16/h10,12-13,17H,4-9,11H2,1-3H3. The minimum absolute atomic E-state index is 0.575. The van der Waals surface area contributed by atoms with E-state index in [9.17, 15) is 0 Å². The second-order valence-electron chi connectivity index (χ2n) is 5.98. The molecule has 0 bridgehead atoms. The van der Waals surface area contributed by atoms with Gasteiger partial charge in [0.25, 0.3) is 0 Å². The maximum Gasteiger partial charge on any atom is 0.138 e. The van der Waals surface area contributed by atoms with Crippen molar-refractivity contribution < 1.29 is 0 Å². The monoisotopic (exact) mass is 293 g/mol. The maximum atomic E-state index is 4.76. The van der Waals surface area contributed by atoms with Crippen molar-refractivity contribution in [3.05, 3.63) is 23.3 Å². The summed E-state index contributed by atoms with van der Waals surface area (Å²) in [5, 5.41) is 3.55. The summed E-state index contributed by atoms with van der Waals surface area (Å²) in [6.45, 7) is 7.75. The molecule has 2 rings (SSSR count). The van der Waals surface area contributed by atoms with Gasteiger partial charge in [-0.15, -0.1) is 0 Å². The first-order valence-electron chi connectivity index (χ1n) is 7.83. The smallest absolute Gasteiger partial charge is 0.138 e. The highest BCUT2D eigenvalue weighted by Crippen LogP contribution is 2.24. The lowest BCUT2D eigenvalue weighted by atomic mass is 9.87. The van der Waals surface area contributed by atoms with Crippen molar-refractivity contribution in [3.63, 3.8) is 0 Å². The molecule has 4 heteroatoms. The third-order valence-corrected chi connectivity index (χ3v) is 4.86. The number of hydrogen-bond acceptors (Lipinski definition) is 4. The van der Waals surface area contributed by atoms with E-state index in [1.807, 2.05) is 11.8 Å². The Morgan fingerprint density at radius 3 is 3.05 bits per heavy atom. The molecule has 1 atom stereocenters. The Kier molecular flexibility index (Phi) is 6.30. The van der Waals surface area contributed by atoms with Crippen LogP contribution < -0.4 is 5.32 Å². The van der Waals surface area contributed by atoms with Crippen LogP contribution in [-0.4, -0.2) is 28.3 Å². The van der Waals surface area contributed by atoms with Crippen LogP contribution in [0.2, 0.25) is 0 Å². The quantitative estimate of drug-likeness (QED) is 0.783. The Balaban J connectivity index is 1.90. The number of aromatic nitrogens is 2. The van der Waals surface area contributed by atoms with Gasteiger partial charge in [-0.05, 0) is 49.5 Å². The molecule has 3 nitrogen and oxygen atoms in total. The minimum atomic E-state index is 0.575. The van der Waals surface area contributed by atoms with Gasteiger partial charge in [0, 0.05) is 17.9 Å². The molecule has 0 amide bonds. The highest BCUT2D eigenvalue weighted by molar-refractivity contribution is 7.98. The number of nitrogens with zero attached hydrogens (tertiary/aromatic N) is 2. The summed E-state index contributed by atoms with van der Waals surface area (Å²) in [5.74, 6) is 3.91. The predicted octanol–water partition coefficient (Wildman–Crippen LogP) is 3.22. The average Bonchev–Trinajstić information content (AvgIpc) is 2.45. The number of hydrogen-bond donors (Lipinski definition) is 1. The molecule has 0 spiro atoms. The molecule has 1 N–H and O–H groups in total. The van der Waals surface area contributed by atoms with E-state index in [4.69, 9.17) is 4.98 Å². The van der Waals surface area contributed by atoms with Crippen LogP contribution in [0.5, 0.6) is 0 Å². The number of rotatable bonds is 7. The molecule has 1 aromatic rings. The molecule has 1 unspecified atom stereocenters. The van der Waals surface area contributed by atoms with Crippen molar-refractivity contribution in [2.45, 2.75) is 58.2 Å². The molecule has 1 aromatic heterocycles. The molecule has 1 heterocycles. The Hall–Kier alpha value is -0.610. The molecular weight excluding hydrogens is 266 g/mol. The Morgan fingerprint density at radius 2 is 2.30 bits per heavy atom. The normalized spacial score (nSPS) is 18.3. The van der Waals surface area contributed by atoms with Crippen LogP contribution in [0.4, 0.5) is 0 Å². The number of fused-ring (bicyclic) bond motifs is 1. The number of aryl methyl sites for hydroxylation is 1. The molecule has 112 valence electrons. The van der Waals surface area contributed by atoms with Crippen LogP contribution in [0.25, 0.3) is 0 Å². The van der Waals surface area contributed by atoms with Crippen molar-refractivity contribution in [1.29, 1.82) is 0 Å². The minimum Gasteiger partial charge on any atom is -0.314 e. The number of nitrogens with one attached hydrogen (secondary N) is 1. The first-order chi connectivity index (χ1) is 9.69. The summed E-state index contributed by atoms with van der Waals surface area (Å²) < 4.78 is 0. The van der Waals surface area contributed by atoms with Gasteiger partial charge >= 0.3 is 0 Å². The van der Waals surface area contributed by atoms with Gasteiger partial charge in [0.1, 0.15) is 5.82 Å². The topological polar surface area (TPSA) is 37.8 Å². The zero-order chi connectivity index (χ0) is 14.4. The average molecular weight is 293 g/mol. The van der Waals surface area contributed by atoms with Crippen LogP contribution >= 0.6 is 11.8 Å². The van der Waals surface area contributed by atoms with Crippen molar-refractivity contribution in [3.8, 4) is 0 Å². The molecule has 0 radical (unpaired) electrons. The summed E-state index contributed by atoms with van der Waals surface area (Å²) >= 11 is 1.93. The molecule has 0 saturated carbocycles. The van der Waals surface area contributed by atoms with Gasteiger partial charge in [-0.1, -0.05) is 20.8 Å². The lowest BCUT2D eigenvalue weighted by Gasteiger charge is -2.25. The second-order valence-corrected chi connectivity index (χ2v) is 7.09. The van der Waals surface area contributed by atoms with Gasteiger partial charge < -0.3 is 5.32 Å². The lowest BCUT2D eigenvalue weighted by Crippen LogP contribution is -2.32. The molecule has 0 aliphatic heterocycles. The van der Waals surface area contributed by atoms with Gasteiger partial charge in [0.05, 0.1) is 5.75 Å². The highest BCUT2D eigenvalue weighted by atomic mass is 32.2. The fraction of sp³-hybridized carbons (Fsp3) is 0.750. The molecule has 20 heavy (non-hydrogen) atoms. The zero-order valence-corrected chi connectivity index (χ0v) is 13.8. The van der Waals surface area contributed by atoms with Gasteiger partial charge in [0.15, 0.2) is 0 Å². The van der Waals surface area contributed by atoms with Crippen molar-refractivity contribution in [1.82, 2.24) is 15.3 Å². The van der Waals surface area contributed by atoms with Crippen LogP contribution in [0.3, 0.4) is 0 Å². The summed E-state index contributed by atoms with van der Waals surface area (Å²) in [6, 6.07) is 0.575. The predicted molar refractivity (Wildman–Crippen MR) is 87.1 cm³/mol. The SMILES string of the molecule is CCCSCc1ncc2c(n1)CCC(CNC(C)C)C2. The van der Waals surface area contributed by atoms with Gasteiger partial charge in [-0.2, -0.15) is 11.8 Å². The Bertz CT molecular complexity index is 420. The van der Waals surface area contributed by atoms with Crippen LogP contribution in [0.1, 0.15) is 50.7 Å². The number of thioether (sulfide) groups is 1. The van der Waals surface area contributed by atoms with E-state index in [0.29, 0.717) is 6.04 Å². The first kappa shape index (κ1) is 15.8. The summed E-state index contributed by atoms with van der Waals surface area (Å²) in [6.07, 6.45) is 6.81. The molecule has 0 aromatic carbocycles. The Morgan fingerprint density at radius 1 is 1.45 bits per heavy atom. The van der Waals surface area contributed by atoms with Crippen LogP contribution in [0.15, 0.2) is 6.20 Å². The molecule has 0 fully saturated rings. The summed E-state index contributed by atoms with van der Waals surface area (Å²) in [5.41, 5.74) is 2.67. The van der Waals surface area contributed by atoms with Gasteiger partial charge in [0.2, 0.25) is 0 Å². The van der Waals surface area contributed by atoms with E-state index in [2.05, 4.69) is 37.3 Å². The maximum absolute atomic E-state index is 4.76. The first-order valence-corrected chi connectivity index (χ1v) is 8.99. The van der Waals surface area contributed by atoms with Gasteiger partial charge in [-0.25, -0.2) is 9.97 Å². The summed E-state index contributed by atoms with van der Waals surface area (Å²) in [4.78, 5) is 9.30. The lowest BCUT2D eigenvalue weighted by molar-refractivity contribution is 0.402. The fourth-order valence-corrected chi connectivity index (χ4v) is 3.33. The van der Waals surface area contributed by atoms with E-state index in [1.165, 1.54) is 29.9 Å². The van der Waals surface area contributed by atoms with Crippen molar-refractivity contribution in [2.75, 3.05) is 12.3 Å². The Labute approximate surface area is 127 Å². The molecule has 1 aliphatic carbocycles. The van der Waals surface area contributed by atoms with Crippen LogP contribution in [-0.2, 0) is 18.6 Å². The van der Waals surface area contributed by atoms with Crippen molar-refractivity contribution >= 4 is 11.8 Å². The van der Waals surface area contributed by atoms with E-state index < -0.39 is 0 Å². The van der Waals surface area contributed by atoms with Crippen molar-refractivity contribution in [2.24, 2.45) is 5.92 Å². The summed E-state index contributed by atoms with van der Waals surface area (Å²) in [7, 11) is 0. The zero-order valence-electron chi connectivity index (χ0n) is 13.0. The molecular formula is C16H27N3S. The van der Waals surface area contributed by atoms with E-state index in [1.54, 1.807) is 0 Å². The van der Waals surface area contributed by atoms with E-state index in [0.717, 1.165) is 36.9 Å². The largest absolute Gasteiger partial charge is 0.314 e. The highest BCUT2D eigenvalue weighted by Gasteiger charge is 2.20. The van der Waals surface area contributed by atoms with Crippen LogP contribution in [0, 0.1) is 5.92 Å². The molecule has 1 aliphatic rings. The van der Waals surface area contributed by atoms with E-state index >= 15 is 0 Å².